The van der Waals surface area contributed by atoms with E-state index in [4.69, 9.17) is 0 Å². The van der Waals surface area contributed by atoms with Crippen molar-refractivity contribution in [3.63, 3.8) is 0 Å². The molecule has 1 aliphatic rings. The molecular formula is C16H19NO. The molecule has 2 unspecified atom stereocenters. The van der Waals surface area contributed by atoms with Crippen molar-refractivity contribution in [3.8, 4) is 0 Å². The van der Waals surface area contributed by atoms with Gasteiger partial charge in [-0.15, -0.1) is 0 Å². The molecule has 0 aliphatic heterocycles. The third kappa shape index (κ3) is 1.67. The Morgan fingerprint density at radius 3 is 2.89 bits per heavy atom. The Kier molecular flexibility index (Phi) is 2.73. The van der Waals surface area contributed by atoms with Crippen molar-refractivity contribution in [2.45, 2.75) is 33.1 Å². The van der Waals surface area contributed by atoms with Crippen LogP contribution in [0.1, 0.15) is 42.1 Å². The Balaban J connectivity index is 2.07. The number of Topliss-reactive ketones (excluding diaryl/α,β-unsaturated/α-hetero) is 1. The smallest absolute Gasteiger partial charge is 0.168 e. The summed E-state index contributed by atoms with van der Waals surface area (Å²) < 4.78 is 0. The van der Waals surface area contributed by atoms with Crippen molar-refractivity contribution in [2.24, 2.45) is 11.8 Å². The van der Waals surface area contributed by atoms with Crippen molar-refractivity contribution in [3.05, 3.63) is 35.5 Å². The van der Waals surface area contributed by atoms with E-state index in [0.29, 0.717) is 11.7 Å². The number of nitrogens with one attached hydrogen (secondary N) is 1. The van der Waals surface area contributed by atoms with Gasteiger partial charge < -0.3 is 4.98 Å². The summed E-state index contributed by atoms with van der Waals surface area (Å²) in [5, 5.41) is 1.11. The summed E-state index contributed by atoms with van der Waals surface area (Å²) in [5.41, 5.74) is 3.15. The van der Waals surface area contributed by atoms with Gasteiger partial charge in [0.2, 0.25) is 0 Å². The zero-order valence-corrected chi connectivity index (χ0v) is 11.0. The Labute approximate surface area is 107 Å². The van der Waals surface area contributed by atoms with Crippen LogP contribution in [0.2, 0.25) is 0 Å². The van der Waals surface area contributed by atoms with Crippen molar-refractivity contribution in [2.75, 3.05) is 0 Å². The summed E-state index contributed by atoms with van der Waals surface area (Å²) in [7, 11) is 0. The minimum absolute atomic E-state index is 0.226. The number of aromatic amines is 1. The zero-order valence-electron chi connectivity index (χ0n) is 11.0. The molecule has 0 spiro atoms. The van der Waals surface area contributed by atoms with Gasteiger partial charge in [-0.1, -0.05) is 25.5 Å². The van der Waals surface area contributed by atoms with Crippen LogP contribution in [0.15, 0.2) is 24.4 Å². The lowest BCUT2D eigenvalue weighted by Crippen LogP contribution is -2.16. The number of fused-ring (bicyclic) bond motifs is 1. The summed E-state index contributed by atoms with van der Waals surface area (Å²) in [6, 6.07) is 6.14. The molecule has 1 aliphatic carbocycles. The third-order valence-corrected chi connectivity index (χ3v) is 4.38. The maximum atomic E-state index is 12.7. The first-order valence-corrected chi connectivity index (χ1v) is 6.79. The highest BCUT2D eigenvalue weighted by atomic mass is 16.1. The quantitative estimate of drug-likeness (QED) is 0.789. The van der Waals surface area contributed by atoms with E-state index in [1.165, 1.54) is 18.4 Å². The molecule has 1 aromatic carbocycles. The van der Waals surface area contributed by atoms with Crippen LogP contribution in [-0.4, -0.2) is 10.8 Å². The van der Waals surface area contributed by atoms with Crippen LogP contribution in [-0.2, 0) is 0 Å². The van der Waals surface area contributed by atoms with Gasteiger partial charge in [0.15, 0.2) is 5.78 Å². The van der Waals surface area contributed by atoms with Gasteiger partial charge in [0, 0.05) is 28.6 Å². The fourth-order valence-electron chi connectivity index (χ4n) is 3.30. The number of aromatic nitrogens is 1. The van der Waals surface area contributed by atoms with Crippen LogP contribution in [0.25, 0.3) is 10.9 Å². The molecule has 3 rings (SSSR count). The maximum Gasteiger partial charge on any atom is 0.168 e. The van der Waals surface area contributed by atoms with Gasteiger partial charge in [-0.25, -0.2) is 0 Å². The van der Waals surface area contributed by atoms with Crippen LogP contribution < -0.4 is 0 Å². The lowest BCUT2D eigenvalue weighted by Gasteiger charge is -2.13. The van der Waals surface area contributed by atoms with Gasteiger partial charge in [0.1, 0.15) is 0 Å². The molecule has 1 saturated carbocycles. The van der Waals surface area contributed by atoms with E-state index in [2.05, 4.69) is 24.9 Å². The van der Waals surface area contributed by atoms with Crippen molar-refractivity contribution in [1.82, 2.24) is 4.98 Å². The Morgan fingerprint density at radius 2 is 2.17 bits per heavy atom. The SMILES string of the molecule is Cc1cccc2[nH]cc(C(=O)C3CCCC3C)c12. The summed E-state index contributed by atoms with van der Waals surface area (Å²) >= 11 is 0. The van der Waals surface area contributed by atoms with Crippen LogP contribution in [0.4, 0.5) is 0 Å². The number of aryl methyl sites for hydroxylation is 1. The van der Waals surface area contributed by atoms with Crippen molar-refractivity contribution < 1.29 is 4.79 Å². The van der Waals surface area contributed by atoms with Crippen molar-refractivity contribution in [1.29, 1.82) is 0 Å². The fourth-order valence-corrected chi connectivity index (χ4v) is 3.30. The van der Waals surface area contributed by atoms with E-state index in [9.17, 15) is 4.79 Å². The molecule has 2 aromatic rings. The van der Waals surface area contributed by atoms with Gasteiger partial charge in [0.05, 0.1) is 0 Å². The van der Waals surface area contributed by atoms with E-state index >= 15 is 0 Å². The van der Waals surface area contributed by atoms with Crippen LogP contribution in [0.3, 0.4) is 0 Å². The molecule has 2 heteroatoms. The lowest BCUT2D eigenvalue weighted by molar-refractivity contribution is 0.0899. The van der Waals surface area contributed by atoms with Crippen LogP contribution >= 0.6 is 0 Å². The molecule has 94 valence electrons. The van der Waals surface area contributed by atoms with Gasteiger partial charge in [-0.05, 0) is 37.3 Å². The highest BCUT2D eigenvalue weighted by Gasteiger charge is 2.31. The molecule has 0 amide bonds. The molecule has 0 saturated heterocycles. The zero-order chi connectivity index (χ0) is 12.7. The standard InChI is InChI=1S/C16H19NO/c1-10-5-3-7-12(10)16(18)13-9-17-14-8-4-6-11(2)15(13)14/h4,6,8-10,12,17H,3,5,7H2,1-2H3. The molecule has 2 nitrogen and oxygen atoms in total. The summed E-state index contributed by atoms with van der Waals surface area (Å²) in [6.45, 7) is 4.28. The molecule has 18 heavy (non-hydrogen) atoms. The third-order valence-electron chi connectivity index (χ3n) is 4.38. The largest absolute Gasteiger partial charge is 0.360 e. The monoisotopic (exact) mass is 241 g/mol. The fraction of sp³-hybridized carbons (Fsp3) is 0.438. The number of H-pyrrole nitrogens is 1. The number of carbonyl (C=O) groups excluding carboxylic acids is 1. The van der Waals surface area contributed by atoms with E-state index in [1.54, 1.807) is 0 Å². The maximum absolute atomic E-state index is 12.7. The molecule has 0 bridgehead atoms. The van der Waals surface area contributed by atoms with Crippen LogP contribution in [0.5, 0.6) is 0 Å². The highest BCUT2D eigenvalue weighted by Crippen LogP contribution is 2.35. The number of rotatable bonds is 2. The Hall–Kier alpha value is -1.57. The summed E-state index contributed by atoms with van der Waals surface area (Å²) in [4.78, 5) is 15.9. The first-order chi connectivity index (χ1) is 8.68. The van der Waals surface area contributed by atoms with E-state index in [-0.39, 0.29) is 5.92 Å². The summed E-state index contributed by atoms with van der Waals surface area (Å²) in [5.74, 6) is 1.09. The van der Waals surface area contributed by atoms with E-state index in [1.807, 2.05) is 18.3 Å². The molecule has 2 atom stereocenters. The van der Waals surface area contributed by atoms with E-state index < -0.39 is 0 Å². The van der Waals surface area contributed by atoms with Gasteiger partial charge in [0.25, 0.3) is 0 Å². The highest BCUT2D eigenvalue weighted by molar-refractivity contribution is 6.10. The molecule has 1 fully saturated rings. The number of hydrogen-bond donors (Lipinski definition) is 1. The minimum Gasteiger partial charge on any atom is -0.360 e. The van der Waals surface area contributed by atoms with Crippen LogP contribution in [0, 0.1) is 18.8 Å². The average Bonchev–Trinajstić information content (AvgIpc) is 2.95. The molecule has 1 N–H and O–H groups in total. The van der Waals surface area contributed by atoms with Gasteiger partial charge >= 0.3 is 0 Å². The second kappa shape index (κ2) is 4.27. The summed E-state index contributed by atoms with van der Waals surface area (Å²) in [6.07, 6.45) is 5.33. The second-order valence-electron chi connectivity index (χ2n) is 5.58. The Morgan fingerprint density at radius 1 is 1.33 bits per heavy atom. The molecule has 1 aromatic heterocycles. The number of ketones is 1. The van der Waals surface area contributed by atoms with Gasteiger partial charge in [-0.2, -0.15) is 0 Å². The molecular weight excluding hydrogens is 222 g/mol. The first kappa shape index (κ1) is 11.5. The first-order valence-electron chi connectivity index (χ1n) is 6.79. The topological polar surface area (TPSA) is 32.9 Å². The number of carbonyl (C=O) groups is 1. The normalized spacial score (nSPS) is 23.7. The number of benzene rings is 1. The predicted octanol–water partition coefficient (Wildman–Crippen LogP) is 4.10. The lowest BCUT2D eigenvalue weighted by atomic mass is 9.89. The van der Waals surface area contributed by atoms with E-state index in [0.717, 1.165) is 22.9 Å². The minimum atomic E-state index is 0.226. The second-order valence-corrected chi connectivity index (χ2v) is 5.58. The average molecular weight is 241 g/mol. The van der Waals surface area contributed by atoms with Crippen molar-refractivity contribution >= 4 is 16.7 Å². The predicted molar refractivity (Wildman–Crippen MR) is 73.9 cm³/mol. The Bertz CT molecular complexity index is 596. The number of hydrogen-bond acceptors (Lipinski definition) is 1. The van der Waals surface area contributed by atoms with Gasteiger partial charge in [-0.3, -0.25) is 4.79 Å². The molecule has 1 heterocycles. The molecule has 0 radical (unpaired) electrons.